The first kappa shape index (κ1) is 23.0. The minimum atomic E-state index is -0.336. The van der Waals surface area contributed by atoms with Gasteiger partial charge in [-0.1, -0.05) is 6.92 Å². The van der Waals surface area contributed by atoms with Gasteiger partial charge in [-0.25, -0.2) is 4.39 Å². The first-order chi connectivity index (χ1) is 16.6. The maximum Gasteiger partial charge on any atom is 0.258 e. The Morgan fingerprint density at radius 2 is 1.65 bits per heavy atom. The van der Waals surface area contributed by atoms with Gasteiger partial charge in [0.15, 0.2) is 18.1 Å². The van der Waals surface area contributed by atoms with Gasteiger partial charge in [-0.3, -0.25) is 4.79 Å². The summed E-state index contributed by atoms with van der Waals surface area (Å²) in [6.07, 6.45) is 0.935. The van der Waals surface area contributed by atoms with Gasteiger partial charge in [0.1, 0.15) is 23.9 Å². The minimum absolute atomic E-state index is 0.110. The number of fused-ring (bicyclic) bond motifs is 1. The highest BCUT2D eigenvalue weighted by Gasteiger charge is 2.11. The zero-order chi connectivity index (χ0) is 23.8. The summed E-state index contributed by atoms with van der Waals surface area (Å²) in [6.45, 7) is 3.07. The Hall–Kier alpha value is -4.21. The van der Waals surface area contributed by atoms with Crippen molar-refractivity contribution in [1.29, 1.82) is 0 Å². The predicted octanol–water partition coefficient (Wildman–Crippen LogP) is 3.29. The van der Waals surface area contributed by atoms with E-state index in [0.717, 1.165) is 12.2 Å². The summed E-state index contributed by atoms with van der Waals surface area (Å²) in [5.41, 5.74) is 1.20. The smallest absolute Gasteiger partial charge is 0.258 e. The van der Waals surface area contributed by atoms with Crippen molar-refractivity contribution in [2.75, 3.05) is 26.4 Å². The number of carbonyl (C=O) groups is 1. The Bertz CT molecular complexity index is 1230. The van der Waals surface area contributed by atoms with Crippen LogP contribution in [0.3, 0.4) is 0 Å². The molecular weight excluding hydrogens is 441 g/mol. The molecule has 9 nitrogen and oxygen atoms in total. The van der Waals surface area contributed by atoms with E-state index in [4.69, 9.17) is 14.2 Å². The van der Waals surface area contributed by atoms with Gasteiger partial charge in [0.05, 0.1) is 13.2 Å². The molecule has 1 amide bonds. The molecule has 0 saturated carbocycles. The fourth-order valence-corrected chi connectivity index (χ4v) is 3.03. The summed E-state index contributed by atoms with van der Waals surface area (Å²) in [5.74, 6) is 1.55. The Morgan fingerprint density at radius 3 is 2.38 bits per heavy atom. The Labute approximate surface area is 195 Å². The number of aromatic nitrogens is 4. The first-order valence-electron chi connectivity index (χ1n) is 10.9. The van der Waals surface area contributed by atoms with Crippen molar-refractivity contribution in [2.24, 2.45) is 0 Å². The van der Waals surface area contributed by atoms with Crippen molar-refractivity contribution in [3.63, 3.8) is 0 Å². The minimum Gasteiger partial charge on any atom is -0.494 e. The second kappa shape index (κ2) is 11.1. The second-order valence-corrected chi connectivity index (χ2v) is 7.28. The molecular formula is C24H24FN5O4. The summed E-state index contributed by atoms with van der Waals surface area (Å²) >= 11 is 0. The van der Waals surface area contributed by atoms with Crippen LogP contribution in [-0.4, -0.2) is 52.1 Å². The molecule has 0 unspecified atom stereocenters. The Morgan fingerprint density at radius 1 is 0.912 bits per heavy atom. The van der Waals surface area contributed by atoms with Crippen LogP contribution in [0.25, 0.3) is 17.0 Å². The first-order valence-corrected chi connectivity index (χ1v) is 10.9. The highest BCUT2D eigenvalue weighted by molar-refractivity contribution is 5.77. The molecule has 0 aliphatic carbocycles. The highest BCUT2D eigenvalue weighted by atomic mass is 19.1. The number of nitrogens with one attached hydrogen (secondary N) is 1. The maximum absolute atomic E-state index is 13.2. The van der Waals surface area contributed by atoms with Crippen LogP contribution in [0.1, 0.15) is 13.3 Å². The molecule has 10 heteroatoms. The van der Waals surface area contributed by atoms with Crippen molar-refractivity contribution in [2.45, 2.75) is 13.3 Å². The largest absolute Gasteiger partial charge is 0.494 e. The fraction of sp³-hybridized carbons (Fsp3) is 0.250. The number of benzene rings is 2. The molecule has 4 aromatic rings. The molecule has 2 aromatic heterocycles. The number of rotatable bonds is 11. The van der Waals surface area contributed by atoms with E-state index in [1.807, 2.05) is 6.92 Å². The van der Waals surface area contributed by atoms with Crippen LogP contribution in [-0.2, 0) is 4.79 Å². The average molecular weight is 465 g/mol. The van der Waals surface area contributed by atoms with Crippen LogP contribution in [0.15, 0.2) is 60.7 Å². The lowest BCUT2D eigenvalue weighted by Gasteiger charge is -2.09. The van der Waals surface area contributed by atoms with Crippen LogP contribution in [0.5, 0.6) is 17.4 Å². The van der Waals surface area contributed by atoms with Gasteiger partial charge < -0.3 is 19.5 Å². The number of halogens is 1. The van der Waals surface area contributed by atoms with E-state index in [0.29, 0.717) is 35.3 Å². The summed E-state index contributed by atoms with van der Waals surface area (Å²) < 4.78 is 31.4. The molecule has 0 saturated heterocycles. The Balaban J connectivity index is 1.23. The number of ether oxygens (including phenoxy) is 3. The summed E-state index contributed by atoms with van der Waals surface area (Å²) in [6, 6.07) is 16.4. The molecule has 176 valence electrons. The van der Waals surface area contributed by atoms with Gasteiger partial charge in [0, 0.05) is 11.6 Å². The van der Waals surface area contributed by atoms with Crippen molar-refractivity contribution < 1.29 is 23.4 Å². The third-order valence-corrected chi connectivity index (χ3v) is 4.68. The molecule has 0 fully saturated rings. The number of hydrogen-bond donors (Lipinski definition) is 1. The lowest BCUT2D eigenvalue weighted by Crippen LogP contribution is -2.32. The third kappa shape index (κ3) is 5.97. The van der Waals surface area contributed by atoms with Gasteiger partial charge in [0.2, 0.25) is 5.88 Å². The van der Waals surface area contributed by atoms with Crippen LogP contribution >= 0.6 is 0 Å². The molecule has 2 aromatic carbocycles. The van der Waals surface area contributed by atoms with Gasteiger partial charge in [0.25, 0.3) is 5.91 Å². The number of hydrogen-bond acceptors (Lipinski definition) is 7. The van der Waals surface area contributed by atoms with E-state index < -0.39 is 0 Å². The second-order valence-electron chi connectivity index (χ2n) is 7.28. The molecule has 0 aliphatic heterocycles. The van der Waals surface area contributed by atoms with Crippen LogP contribution in [0, 0.1) is 5.82 Å². The summed E-state index contributed by atoms with van der Waals surface area (Å²) in [7, 11) is 0. The van der Waals surface area contributed by atoms with E-state index in [1.54, 1.807) is 48.5 Å². The summed E-state index contributed by atoms with van der Waals surface area (Å²) in [5, 5.41) is 15.3. The van der Waals surface area contributed by atoms with Crippen LogP contribution in [0.2, 0.25) is 0 Å². The van der Waals surface area contributed by atoms with E-state index in [2.05, 4.69) is 20.6 Å². The topological polar surface area (TPSA) is 99.9 Å². The number of amides is 1. The average Bonchev–Trinajstić information content (AvgIpc) is 3.28. The normalized spacial score (nSPS) is 10.8. The fourth-order valence-electron chi connectivity index (χ4n) is 3.03. The van der Waals surface area contributed by atoms with Crippen LogP contribution in [0.4, 0.5) is 4.39 Å². The zero-order valence-electron chi connectivity index (χ0n) is 18.6. The summed E-state index contributed by atoms with van der Waals surface area (Å²) in [4.78, 5) is 12.0. The number of nitrogens with zero attached hydrogens (tertiary/aromatic N) is 4. The van der Waals surface area contributed by atoms with Gasteiger partial charge in [-0.15, -0.1) is 15.3 Å². The van der Waals surface area contributed by atoms with Gasteiger partial charge >= 0.3 is 0 Å². The monoisotopic (exact) mass is 465 g/mol. The molecule has 0 spiro atoms. The van der Waals surface area contributed by atoms with E-state index >= 15 is 0 Å². The van der Waals surface area contributed by atoms with E-state index in [9.17, 15) is 9.18 Å². The molecule has 0 bridgehead atoms. The standard InChI is InChI=1S/C24H24FN5O4/c1-2-14-32-19-7-9-20(10-8-19)34-16-22(31)26-13-15-33-23-12-11-21-27-28-24(30(21)29-23)17-3-5-18(25)6-4-17/h3-12H,2,13-16H2,1H3,(H,26,31). The SMILES string of the molecule is CCCOc1ccc(OCC(=O)NCCOc2ccc3nnc(-c4ccc(F)cc4)n3n2)cc1. The lowest BCUT2D eigenvalue weighted by atomic mass is 10.2. The molecule has 1 N–H and O–H groups in total. The lowest BCUT2D eigenvalue weighted by molar-refractivity contribution is -0.123. The Kier molecular flexibility index (Phi) is 7.49. The molecule has 0 radical (unpaired) electrons. The quantitative estimate of drug-likeness (QED) is 0.339. The van der Waals surface area contributed by atoms with Crippen LogP contribution < -0.4 is 19.5 Å². The molecule has 2 heterocycles. The third-order valence-electron chi connectivity index (χ3n) is 4.68. The van der Waals surface area contributed by atoms with E-state index in [-0.39, 0.29) is 31.5 Å². The van der Waals surface area contributed by atoms with E-state index in [1.165, 1.54) is 16.6 Å². The highest BCUT2D eigenvalue weighted by Crippen LogP contribution is 2.20. The van der Waals surface area contributed by atoms with Crippen molar-refractivity contribution in [3.05, 3.63) is 66.5 Å². The van der Waals surface area contributed by atoms with Crippen molar-refractivity contribution >= 4 is 11.6 Å². The molecule has 34 heavy (non-hydrogen) atoms. The molecule has 0 atom stereocenters. The van der Waals surface area contributed by atoms with Crippen molar-refractivity contribution in [1.82, 2.24) is 25.1 Å². The van der Waals surface area contributed by atoms with Crippen molar-refractivity contribution in [3.8, 4) is 28.8 Å². The molecule has 0 aliphatic rings. The predicted molar refractivity (Wildman–Crippen MR) is 122 cm³/mol. The molecule has 4 rings (SSSR count). The maximum atomic E-state index is 13.2. The zero-order valence-corrected chi connectivity index (χ0v) is 18.6. The van der Waals surface area contributed by atoms with Gasteiger partial charge in [-0.2, -0.15) is 4.52 Å². The van der Waals surface area contributed by atoms with Gasteiger partial charge in [-0.05, 0) is 61.0 Å². The number of carbonyl (C=O) groups excluding carboxylic acids is 1.